The minimum Gasteiger partial charge on any atom is -0.488 e. The molecular weight excluding hydrogens is 444 g/mol. The van der Waals surface area contributed by atoms with E-state index in [-0.39, 0.29) is 35.5 Å². The molecule has 2 aromatic carbocycles. The van der Waals surface area contributed by atoms with Gasteiger partial charge in [-0.25, -0.2) is 0 Å². The van der Waals surface area contributed by atoms with Crippen LogP contribution in [0.1, 0.15) is 23.1 Å². The van der Waals surface area contributed by atoms with Gasteiger partial charge in [-0.2, -0.15) is 10.1 Å². The van der Waals surface area contributed by atoms with Crippen molar-refractivity contribution in [3.8, 4) is 5.75 Å². The number of imide groups is 1. The number of hydrogen-bond acceptors (Lipinski definition) is 4. The summed E-state index contributed by atoms with van der Waals surface area (Å²) in [4.78, 5) is 25.4. The van der Waals surface area contributed by atoms with Crippen molar-refractivity contribution in [2.75, 3.05) is 0 Å². The lowest BCUT2D eigenvalue weighted by Gasteiger charge is -2.13. The van der Waals surface area contributed by atoms with Gasteiger partial charge in [0.15, 0.2) is 0 Å². The van der Waals surface area contributed by atoms with E-state index in [4.69, 9.17) is 4.74 Å². The van der Waals surface area contributed by atoms with E-state index >= 15 is 0 Å². The molecule has 152 valence electrons. The third-order valence-electron chi connectivity index (χ3n) is 6.24. The van der Waals surface area contributed by atoms with Crippen LogP contribution >= 0.6 is 15.9 Å². The van der Waals surface area contributed by atoms with Gasteiger partial charge < -0.3 is 4.74 Å². The van der Waals surface area contributed by atoms with E-state index in [9.17, 15) is 9.59 Å². The van der Waals surface area contributed by atoms with E-state index in [0.717, 1.165) is 32.8 Å². The Hall–Kier alpha value is -2.73. The van der Waals surface area contributed by atoms with Gasteiger partial charge in [-0.05, 0) is 70.4 Å². The first-order valence-electron chi connectivity index (χ1n) is 10.1. The zero-order valence-corrected chi connectivity index (χ0v) is 18.1. The number of carbonyl (C=O) groups is 2. The normalized spacial score (nSPS) is 26.8. The molecule has 2 aliphatic carbocycles. The minimum atomic E-state index is -0.228. The van der Waals surface area contributed by atoms with Gasteiger partial charge >= 0.3 is 0 Å². The zero-order valence-electron chi connectivity index (χ0n) is 16.5. The average molecular weight is 465 g/mol. The molecule has 3 aliphatic rings. The number of rotatable bonds is 5. The number of allylic oxidation sites excluding steroid dienone is 2. The molecule has 1 heterocycles. The Morgan fingerprint density at radius 1 is 1.07 bits per heavy atom. The van der Waals surface area contributed by atoms with Gasteiger partial charge in [0.1, 0.15) is 12.4 Å². The maximum absolute atomic E-state index is 12.7. The van der Waals surface area contributed by atoms with Gasteiger partial charge in [-0.1, -0.05) is 42.0 Å². The number of hydrogen-bond donors (Lipinski definition) is 0. The van der Waals surface area contributed by atoms with E-state index in [1.807, 2.05) is 30.3 Å². The predicted octanol–water partition coefficient (Wildman–Crippen LogP) is 4.48. The maximum atomic E-state index is 12.7. The first-order chi connectivity index (χ1) is 14.5. The van der Waals surface area contributed by atoms with Crippen molar-refractivity contribution in [2.24, 2.45) is 28.8 Å². The van der Waals surface area contributed by atoms with Gasteiger partial charge in [0.05, 0.1) is 22.5 Å². The Balaban J connectivity index is 1.26. The van der Waals surface area contributed by atoms with Crippen LogP contribution in [0, 0.1) is 30.6 Å². The Kier molecular flexibility index (Phi) is 4.82. The molecule has 2 amide bonds. The first-order valence-corrected chi connectivity index (χ1v) is 10.9. The fourth-order valence-corrected chi connectivity index (χ4v) is 5.20. The Morgan fingerprint density at radius 3 is 2.37 bits per heavy atom. The number of halogens is 1. The van der Waals surface area contributed by atoms with Crippen LogP contribution in [0.4, 0.5) is 0 Å². The van der Waals surface area contributed by atoms with Gasteiger partial charge in [0.25, 0.3) is 11.8 Å². The number of benzene rings is 2. The molecule has 0 spiro atoms. The van der Waals surface area contributed by atoms with Crippen LogP contribution in [0.25, 0.3) is 0 Å². The fraction of sp³-hybridized carbons (Fsp3) is 0.292. The monoisotopic (exact) mass is 464 g/mol. The summed E-state index contributed by atoms with van der Waals surface area (Å²) in [5, 5.41) is 5.29. The summed E-state index contributed by atoms with van der Waals surface area (Å²) in [6.45, 7) is 2.53. The largest absolute Gasteiger partial charge is 0.488 e. The van der Waals surface area contributed by atoms with Crippen LogP contribution in [-0.2, 0) is 16.2 Å². The van der Waals surface area contributed by atoms with E-state index < -0.39 is 0 Å². The van der Waals surface area contributed by atoms with E-state index in [1.165, 1.54) is 5.56 Å². The van der Waals surface area contributed by atoms with Crippen molar-refractivity contribution in [1.82, 2.24) is 5.01 Å². The summed E-state index contributed by atoms with van der Waals surface area (Å²) in [6.07, 6.45) is 6.63. The van der Waals surface area contributed by atoms with Crippen LogP contribution in [0.15, 0.2) is 64.2 Å². The van der Waals surface area contributed by atoms with Crippen molar-refractivity contribution in [3.05, 3.63) is 75.8 Å². The SMILES string of the molecule is Cc1ccc(COc2ccc(C=NN3C(=O)[C@@H]4[C@H](C3=O)[C@H]3C=C[C@H]4C3)cc2Br)cc1. The summed E-state index contributed by atoms with van der Waals surface area (Å²) >= 11 is 3.53. The Bertz CT molecular complexity index is 1050. The van der Waals surface area contributed by atoms with Crippen molar-refractivity contribution in [1.29, 1.82) is 0 Å². The van der Waals surface area contributed by atoms with Crippen LogP contribution in [0.3, 0.4) is 0 Å². The number of fused-ring (bicyclic) bond motifs is 5. The molecule has 0 unspecified atom stereocenters. The van der Waals surface area contributed by atoms with Crippen LogP contribution < -0.4 is 4.74 Å². The van der Waals surface area contributed by atoms with E-state index in [0.29, 0.717) is 6.61 Å². The molecule has 6 heteroatoms. The third-order valence-corrected chi connectivity index (χ3v) is 6.86. The summed E-state index contributed by atoms with van der Waals surface area (Å²) in [5.74, 6) is 0.304. The highest BCUT2D eigenvalue weighted by Crippen LogP contribution is 2.52. The number of hydrazone groups is 1. The average Bonchev–Trinajstić information content (AvgIpc) is 3.41. The molecule has 30 heavy (non-hydrogen) atoms. The minimum absolute atomic E-state index is 0.171. The first kappa shape index (κ1) is 19.2. The highest BCUT2D eigenvalue weighted by molar-refractivity contribution is 9.10. The van der Waals surface area contributed by atoms with Crippen LogP contribution in [0.5, 0.6) is 5.75 Å². The van der Waals surface area contributed by atoms with Crippen molar-refractivity contribution >= 4 is 34.0 Å². The van der Waals surface area contributed by atoms with E-state index in [1.54, 1.807) is 6.21 Å². The molecule has 5 rings (SSSR count). The number of amides is 2. The van der Waals surface area contributed by atoms with Gasteiger partial charge in [0, 0.05) is 0 Å². The quantitative estimate of drug-likeness (QED) is 0.372. The highest BCUT2D eigenvalue weighted by atomic mass is 79.9. The van der Waals surface area contributed by atoms with Crippen molar-refractivity contribution in [3.63, 3.8) is 0 Å². The molecule has 2 fully saturated rings. The topological polar surface area (TPSA) is 59.0 Å². The molecule has 2 bridgehead atoms. The highest BCUT2D eigenvalue weighted by Gasteiger charge is 2.59. The molecule has 0 N–H and O–H groups in total. The second-order valence-electron chi connectivity index (χ2n) is 8.20. The molecule has 1 saturated heterocycles. The summed E-state index contributed by atoms with van der Waals surface area (Å²) in [5.41, 5.74) is 3.09. The zero-order chi connectivity index (χ0) is 20.8. The fourth-order valence-electron chi connectivity index (χ4n) is 4.68. The maximum Gasteiger partial charge on any atom is 0.254 e. The number of aryl methyl sites for hydroxylation is 1. The molecule has 0 aromatic heterocycles. The van der Waals surface area contributed by atoms with Crippen LogP contribution in [-0.4, -0.2) is 23.0 Å². The second-order valence-corrected chi connectivity index (χ2v) is 9.05. The van der Waals surface area contributed by atoms with Crippen molar-refractivity contribution in [2.45, 2.75) is 20.0 Å². The molecule has 1 aliphatic heterocycles. The molecule has 1 saturated carbocycles. The van der Waals surface area contributed by atoms with Gasteiger partial charge in [-0.3, -0.25) is 9.59 Å². The molecule has 4 atom stereocenters. The number of ether oxygens (including phenoxy) is 1. The number of carbonyl (C=O) groups excluding carboxylic acids is 2. The lowest BCUT2D eigenvalue weighted by atomic mass is 9.85. The smallest absolute Gasteiger partial charge is 0.254 e. The predicted molar refractivity (Wildman–Crippen MR) is 117 cm³/mol. The summed E-state index contributed by atoms with van der Waals surface area (Å²) < 4.78 is 6.68. The van der Waals surface area contributed by atoms with Gasteiger partial charge in [-0.15, -0.1) is 0 Å². The van der Waals surface area contributed by atoms with E-state index in [2.05, 4.69) is 52.2 Å². The second kappa shape index (κ2) is 7.51. The Labute approximate surface area is 183 Å². The molecule has 2 aromatic rings. The molecule has 5 nitrogen and oxygen atoms in total. The van der Waals surface area contributed by atoms with Crippen LogP contribution in [0.2, 0.25) is 0 Å². The number of nitrogens with zero attached hydrogens (tertiary/aromatic N) is 2. The lowest BCUT2D eigenvalue weighted by Crippen LogP contribution is -2.28. The Morgan fingerprint density at radius 2 is 1.73 bits per heavy atom. The standard InChI is InChI=1S/C24H21BrN2O3/c1-14-2-4-15(5-3-14)13-30-20-9-6-16(10-19(20)25)12-26-27-23(28)21-17-7-8-18(11-17)22(21)24(27)29/h2-10,12,17-18,21-22H,11,13H2,1H3/t17-,18-,21-,22+/m0/s1. The lowest BCUT2D eigenvalue weighted by molar-refractivity contribution is -0.140. The summed E-state index contributed by atoms with van der Waals surface area (Å²) in [6, 6.07) is 13.8. The third kappa shape index (κ3) is 3.29. The molecular formula is C24H21BrN2O3. The van der Waals surface area contributed by atoms with Crippen molar-refractivity contribution < 1.29 is 14.3 Å². The molecule has 0 radical (unpaired) electrons. The summed E-state index contributed by atoms with van der Waals surface area (Å²) in [7, 11) is 0. The van der Waals surface area contributed by atoms with Gasteiger partial charge in [0.2, 0.25) is 0 Å².